The summed E-state index contributed by atoms with van der Waals surface area (Å²) in [6.45, 7) is 3.29. The second-order valence-corrected chi connectivity index (χ2v) is 6.28. The Bertz CT molecular complexity index is 1110. The molecule has 0 aliphatic rings. The van der Waals surface area contributed by atoms with Crippen molar-refractivity contribution in [2.75, 3.05) is 5.32 Å². The summed E-state index contributed by atoms with van der Waals surface area (Å²) in [6, 6.07) is 14.1. The number of fused-ring (bicyclic) bond motifs is 1. The second-order valence-electron chi connectivity index (χ2n) is 6.28. The minimum Gasteiger partial charge on any atom is -0.369 e. The minimum absolute atomic E-state index is 0.0205. The lowest BCUT2D eigenvalue weighted by Gasteiger charge is -2.05. The Kier molecular flexibility index (Phi) is 5.21. The van der Waals surface area contributed by atoms with Crippen LogP contribution >= 0.6 is 0 Å². The number of carbonyl (C=O) groups excluding carboxylic acids is 2. The first-order valence-electron chi connectivity index (χ1n) is 8.52. The van der Waals surface area contributed by atoms with E-state index >= 15 is 0 Å². The molecular formula is C20H20N6O2. The summed E-state index contributed by atoms with van der Waals surface area (Å²) < 4.78 is 0. The maximum Gasteiger partial charge on any atom is 0.272 e. The van der Waals surface area contributed by atoms with Gasteiger partial charge in [0.1, 0.15) is 5.69 Å². The van der Waals surface area contributed by atoms with E-state index in [-0.39, 0.29) is 17.6 Å². The summed E-state index contributed by atoms with van der Waals surface area (Å²) in [5.41, 5.74) is 14.4. The van der Waals surface area contributed by atoms with Gasteiger partial charge in [-0.25, -0.2) is 0 Å². The largest absolute Gasteiger partial charge is 0.369 e. The molecule has 28 heavy (non-hydrogen) atoms. The fraction of sp³-hybridized carbons (Fsp3) is 0.100. The number of anilines is 1. The van der Waals surface area contributed by atoms with Crippen molar-refractivity contribution in [1.82, 2.24) is 4.98 Å². The number of nitrogens with two attached hydrogens (primary N) is 2. The lowest BCUT2D eigenvalue weighted by molar-refractivity contribution is 0.101. The van der Waals surface area contributed by atoms with E-state index < -0.39 is 0 Å². The number of H-pyrrole nitrogens is 1. The van der Waals surface area contributed by atoms with Crippen molar-refractivity contribution >= 4 is 40.0 Å². The average molecular weight is 376 g/mol. The molecule has 0 atom stereocenters. The topological polar surface area (TPSA) is 139 Å². The third-order valence-electron chi connectivity index (χ3n) is 4.15. The molecule has 142 valence electrons. The van der Waals surface area contributed by atoms with Gasteiger partial charge in [-0.15, -0.1) is 5.10 Å². The summed E-state index contributed by atoms with van der Waals surface area (Å²) in [5.74, 6) is -0.413. The summed E-state index contributed by atoms with van der Waals surface area (Å²) in [7, 11) is 0. The smallest absolute Gasteiger partial charge is 0.272 e. The standard InChI is InChI=1S/C20H20N6O2/c1-11(25-26-20(21)22)13-3-6-16(7-4-13)23-19(28)18-10-15-9-14(12(2)27)5-8-17(15)24-18/h3-10,24H,1-2H3,(H,23,28)(H4,21,22,26). The first-order chi connectivity index (χ1) is 13.3. The van der Waals surface area contributed by atoms with Crippen LogP contribution in [0.4, 0.5) is 5.69 Å². The maximum absolute atomic E-state index is 12.5. The van der Waals surface area contributed by atoms with E-state index in [0.717, 1.165) is 16.5 Å². The van der Waals surface area contributed by atoms with Gasteiger partial charge in [0.05, 0.1) is 5.71 Å². The highest BCUT2D eigenvalue weighted by Crippen LogP contribution is 2.19. The van der Waals surface area contributed by atoms with Gasteiger partial charge in [-0.2, -0.15) is 5.10 Å². The Morgan fingerprint density at radius 1 is 0.929 bits per heavy atom. The van der Waals surface area contributed by atoms with Gasteiger partial charge < -0.3 is 21.8 Å². The van der Waals surface area contributed by atoms with Gasteiger partial charge in [-0.1, -0.05) is 12.1 Å². The van der Waals surface area contributed by atoms with E-state index in [4.69, 9.17) is 11.5 Å². The van der Waals surface area contributed by atoms with E-state index in [1.165, 1.54) is 6.92 Å². The van der Waals surface area contributed by atoms with E-state index in [2.05, 4.69) is 20.5 Å². The average Bonchev–Trinajstić information content (AvgIpc) is 3.10. The van der Waals surface area contributed by atoms with Crippen molar-refractivity contribution in [2.45, 2.75) is 13.8 Å². The number of carbonyl (C=O) groups is 2. The summed E-state index contributed by atoms with van der Waals surface area (Å²) in [6.07, 6.45) is 0. The number of aromatic nitrogens is 1. The molecule has 1 amide bonds. The van der Waals surface area contributed by atoms with Crippen molar-refractivity contribution in [2.24, 2.45) is 21.7 Å². The molecule has 8 heteroatoms. The maximum atomic E-state index is 12.5. The number of rotatable bonds is 5. The number of hydrogen-bond donors (Lipinski definition) is 4. The molecule has 0 saturated carbocycles. The van der Waals surface area contributed by atoms with Crippen LogP contribution in [0.2, 0.25) is 0 Å². The van der Waals surface area contributed by atoms with Gasteiger partial charge in [0, 0.05) is 22.2 Å². The highest BCUT2D eigenvalue weighted by atomic mass is 16.2. The van der Waals surface area contributed by atoms with Crippen LogP contribution in [0.5, 0.6) is 0 Å². The Morgan fingerprint density at radius 3 is 2.25 bits per heavy atom. The predicted molar refractivity (Wildman–Crippen MR) is 111 cm³/mol. The molecule has 1 heterocycles. The summed E-state index contributed by atoms with van der Waals surface area (Å²) in [4.78, 5) is 27.1. The SMILES string of the molecule is CC(=O)c1ccc2[nH]c(C(=O)Nc3ccc(C(C)=NN=C(N)N)cc3)cc2c1. The number of nitrogens with one attached hydrogen (secondary N) is 2. The molecule has 0 bridgehead atoms. The van der Waals surface area contributed by atoms with Crippen LogP contribution in [0.15, 0.2) is 58.7 Å². The number of guanidine groups is 1. The molecule has 3 rings (SSSR count). The van der Waals surface area contributed by atoms with Crippen LogP contribution in [-0.4, -0.2) is 28.3 Å². The Labute approximate surface area is 161 Å². The molecule has 1 aromatic heterocycles. The number of hydrogen-bond acceptors (Lipinski definition) is 4. The van der Waals surface area contributed by atoms with E-state index in [0.29, 0.717) is 22.7 Å². The summed E-state index contributed by atoms with van der Waals surface area (Å²) in [5, 5.41) is 11.2. The van der Waals surface area contributed by atoms with Crippen molar-refractivity contribution in [3.63, 3.8) is 0 Å². The molecule has 0 spiro atoms. The number of Topliss-reactive ketones (excluding diaryl/α,β-unsaturated/α-hetero) is 1. The van der Waals surface area contributed by atoms with Crippen LogP contribution in [0.3, 0.4) is 0 Å². The van der Waals surface area contributed by atoms with Crippen molar-refractivity contribution in [3.8, 4) is 0 Å². The van der Waals surface area contributed by atoms with Gasteiger partial charge in [0.2, 0.25) is 5.96 Å². The van der Waals surface area contributed by atoms with Crippen LogP contribution < -0.4 is 16.8 Å². The molecule has 8 nitrogen and oxygen atoms in total. The third-order valence-corrected chi connectivity index (χ3v) is 4.15. The Morgan fingerprint density at radius 2 is 1.61 bits per heavy atom. The molecule has 0 saturated heterocycles. The predicted octanol–water partition coefficient (Wildman–Crippen LogP) is 2.62. The third kappa shape index (κ3) is 4.24. The molecule has 0 aliphatic heterocycles. The Balaban J connectivity index is 1.76. The van der Waals surface area contributed by atoms with Crippen molar-refractivity contribution < 1.29 is 9.59 Å². The van der Waals surface area contributed by atoms with Crippen LogP contribution in [0.25, 0.3) is 10.9 Å². The molecule has 3 aromatic rings. The number of benzene rings is 2. The first-order valence-corrected chi connectivity index (χ1v) is 8.52. The molecule has 0 fully saturated rings. The van der Waals surface area contributed by atoms with Gasteiger partial charge >= 0.3 is 0 Å². The zero-order chi connectivity index (χ0) is 20.3. The molecule has 2 aromatic carbocycles. The van der Waals surface area contributed by atoms with Gasteiger partial charge in [0.15, 0.2) is 5.78 Å². The second kappa shape index (κ2) is 7.75. The summed E-state index contributed by atoms with van der Waals surface area (Å²) >= 11 is 0. The number of ketones is 1. The highest BCUT2D eigenvalue weighted by molar-refractivity contribution is 6.07. The Hall–Kier alpha value is -3.94. The van der Waals surface area contributed by atoms with E-state index in [1.54, 1.807) is 55.5 Å². The van der Waals surface area contributed by atoms with Crippen LogP contribution in [0, 0.1) is 0 Å². The quantitative estimate of drug-likeness (QED) is 0.235. The first kappa shape index (κ1) is 18.8. The van der Waals surface area contributed by atoms with Crippen molar-refractivity contribution in [1.29, 1.82) is 0 Å². The number of amides is 1. The van der Waals surface area contributed by atoms with E-state index in [1.807, 2.05) is 0 Å². The zero-order valence-corrected chi connectivity index (χ0v) is 15.5. The monoisotopic (exact) mass is 376 g/mol. The van der Waals surface area contributed by atoms with Gasteiger partial charge in [-0.3, -0.25) is 9.59 Å². The van der Waals surface area contributed by atoms with Gasteiger partial charge in [0.25, 0.3) is 5.91 Å². The van der Waals surface area contributed by atoms with Gasteiger partial charge in [-0.05, 0) is 55.8 Å². The molecule has 0 radical (unpaired) electrons. The van der Waals surface area contributed by atoms with Crippen LogP contribution in [-0.2, 0) is 0 Å². The van der Waals surface area contributed by atoms with Crippen molar-refractivity contribution in [3.05, 3.63) is 65.4 Å². The van der Waals surface area contributed by atoms with Crippen LogP contribution in [0.1, 0.15) is 40.3 Å². The molecular weight excluding hydrogens is 356 g/mol. The lowest BCUT2D eigenvalue weighted by Crippen LogP contribution is -2.22. The normalized spacial score (nSPS) is 11.3. The minimum atomic E-state index is -0.279. The molecule has 0 aliphatic carbocycles. The molecule has 0 unspecified atom stereocenters. The lowest BCUT2D eigenvalue weighted by atomic mass is 10.1. The van der Waals surface area contributed by atoms with E-state index in [9.17, 15) is 9.59 Å². The number of nitrogens with zero attached hydrogens (tertiary/aromatic N) is 2. The fourth-order valence-electron chi connectivity index (χ4n) is 2.66. The zero-order valence-electron chi connectivity index (χ0n) is 15.5. The molecule has 6 N–H and O–H groups in total. The fourth-order valence-corrected chi connectivity index (χ4v) is 2.66. The number of aromatic amines is 1. The highest BCUT2D eigenvalue weighted by Gasteiger charge is 2.11.